The van der Waals surface area contributed by atoms with Crippen molar-refractivity contribution in [3.8, 4) is 17.6 Å². The molecule has 18 heavy (non-hydrogen) atoms. The van der Waals surface area contributed by atoms with E-state index in [1.165, 1.54) is 6.07 Å². The second-order valence-corrected chi connectivity index (χ2v) is 4.30. The summed E-state index contributed by atoms with van der Waals surface area (Å²) in [6.07, 6.45) is 1.93. The zero-order valence-electron chi connectivity index (χ0n) is 9.92. The fraction of sp³-hybridized carbons (Fsp3) is 0.429. The lowest BCUT2D eigenvalue weighted by molar-refractivity contribution is 0.00731. The van der Waals surface area contributed by atoms with E-state index in [0.29, 0.717) is 17.9 Å². The van der Waals surface area contributed by atoms with E-state index in [-0.39, 0.29) is 17.8 Å². The van der Waals surface area contributed by atoms with Crippen LogP contribution in [0.2, 0.25) is 0 Å². The highest BCUT2D eigenvalue weighted by Crippen LogP contribution is 2.20. The van der Waals surface area contributed by atoms with Crippen LogP contribution in [0.15, 0.2) is 18.2 Å². The summed E-state index contributed by atoms with van der Waals surface area (Å²) >= 11 is 5.43. The Morgan fingerprint density at radius 2 is 2.39 bits per heavy atom. The van der Waals surface area contributed by atoms with Gasteiger partial charge in [-0.3, -0.25) is 0 Å². The number of benzene rings is 1. The quantitative estimate of drug-likeness (QED) is 0.606. The Morgan fingerprint density at radius 1 is 1.50 bits per heavy atom. The maximum absolute atomic E-state index is 13.7. The van der Waals surface area contributed by atoms with Gasteiger partial charge in [-0.25, -0.2) is 4.39 Å². The summed E-state index contributed by atoms with van der Waals surface area (Å²) in [5.41, 5.74) is 0.336. The molecule has 1 unspecified atom stereocenters. The molecule has 0 spiro atoms. The normalized spacial score (nSPS) is 18.9. The zero-order valence-corrected chi connectivity index (χ0v) is 10.7. The average molecular weight is 269 g/mol. The third-order valence-electron chi connectivity index (χ3n) is 2.65. The molecule has 0 N–H and O–H groups in total. The molecule has 0 aliphatic carbocycles. The number of hydrogen-bond acceptors (Lipinski definition) is 2. The molecule has 96 valence electrons. The Balaban J connectivity index is 2.03. The highest BCUT2D eigenvalue weighted by Gasteiger charge is 2.15. The number of hydrogen-bond donors (Lipinski definition) is 0. The first-order valence-corrected chi connectivity index (χ1v) is 6.42. The fourth-order valence-electron chi connectivity index (χ4n) is 1.80. The van der Waals surface area contributed by atoms with Crippen LogP contribution in [0.5, 0.6) is 5.75 Å². The second-order valence-electron chi connectivity index (χ2n) is 4.03. The first-order chi connectivity index (χ1) is 8.79. The highest BCUT2D eigenvalue weighted by molar-refractivity contribution is 6.19. The summed E-state index contributed by atoms with van der Waals surface area (Å²) in [7, 11) is 0. The molecule has 2 nitrogen and oxygen atoms in total. The average Bonchev–Trinajstić information content (AvgIpc) is 2.39. The molecule has 0 saturated carbocycles. The zero-order chi connectivity index (χ0) is 12.8. The van der Waals surface area contributed by atoms with Gasteiger partial charge in [0.05, 0.1) is 18.1 Å². The maximum atomic E-state index is 13.7. The summed E-state index contributed by atoms with van der Waals surface area (Å²) < 4.78 is 24.6. The standard InChI is InChI=1S/C14H14ClFO2/c15-7-1-3-11-5-6-12(9-14(11)16)18-13-4-2-8-17-10-13/h5-6,9,13H,2,4,7-8,10H2. The van der Waals surface area contributed by atoms with Gasteiger partial charge in [-0.2, -0.15) is 0 Å². The number of alkyl halides is 1. The monoisotopic (exact) mass is 268 g/mol. The maximum Gasteiger partial charge on any atom is 0.142 e. The number of ether oxygens (including phenoxy) is 2. The van der Waals surface area contributed by atoms with Gasteiger partial charge in [0.25, 0.3) is 0 Å². The van der Waals surface area contributed by atoms with Crippen LogP contribution < -0.4 is 4.74 Å². The SMILES string of the molecule is Fc1cc(OC2CCCOC2)ccc1C#CCCl. The van der Waals surface area contributed by atoms with Gasteiger partial charge in [0.1, 0.15) is 17.7 Å². The van der Waals surface area contributed by atoms with E-state index < -0.39 is 0 Å². The van der Waals surface area contributed by atoms with Gasteiger partial charge in [0.2, 0.25) is 0 Å². The van der Waals surface area contributed by atoms with Crippen LogP contribution in [0.1, 0.15) is 18.4 Å². The molecule has 1 aliphatic heterocycles. The molecule has 0 aromatic heterocycles. The van der Waals surface area contributed by atoms with Gasteiger partial charge in [0, 0.05) is 12.7 Å². The molecule has 4 heteroatoms. The Kier molecular flexibility index (Phi) is 4.86. The Hall–Kier alpha value is -1.24. The third-order valence-corrected chi connectivity index (χ3v) is 2.79. The minimum Gasteiger partial charge on any atom is -0.488 e. The minimum atomic E-state index is -0.387. The first kappa shape index (κ1) is 13.2. The molecular weight excluding hydrogens is 255 g/mol. The number of rotatable bonds is 2. The van der Waals surface area contributed by atoms with Gasteiger partial charge in [0.15, 0.2) is 0 Å². The van der Waals surface area contributed by atoms with Gasteiger partial charge in [-0.05, 0) is 25.0 Å². The van der Waals surface area contributed by atoms with Gasteiger partial charge < -0.3 is 9.47 Å². The largest absolute Gasteiger partial charge is 0.488 e. The molecule has 1 saturated heterocycles. The van der Waals surface area contributed by atoms with Crippen molar-refractivity contribution in [3.63, 3.8) is 0 Å². The Bertz CT molecular complexity index is 459. The van der Waals surface area contributed by atoms with Crippen LogP contribution in [0.25, 0.3) is 0 Å². The Morgan fingerprint density at radius 3 is 3.06 bits per heavy atom. The lowest BCUT2D eigenvalue weighted by atomic mass is 10.1. The summed E-state index contributed by atoms with van der Waals surface area (Å²) in [4.78, 5) is 0. The van der Waals surface area contributed by atoms with Crippen LogP contribution in [-0.2, 0) is 4.74 Å². The molecule has 0 amide bonds. The van der Waals surface area contributed by atoms with Gasteiger partial charge in [-0.1, -0.05) is 11.8 Å². The van der Waals surface area contributed by atoms with Crippen molar-refractivity contribution in [1.29, 1.82) is 0 Å². The van der Waals surface area contributed by atoms with Crippen LogP contribution in [0.3, 0.4) is 0 Å². The van der Waals surface area contributed by atoms with E-state index in [1.54, 1.807) is 12.1 Å². The molecule has 1 fully saturated rings. The van der Waals surface area contributed by atoms with E-state index in [4.69, 9.17) is 21.1 Å². The van der Waals surface area contributed by atoms with E-state index in [9.17, 15) is 4.39 Å². The smallest absolute Gasteiger partial charge is 0.142 e. The van der Waals surface area contributed by atoms with Crippen molar-refractivity contribution in [2.75, 3.05) is 19.1 Å². The lowest BCUT2D eigenvalue weighted by Crippen LogP contribution is -2.28. The van der Waals surface area contributed by atoms with Crippen molar-refractivity contribution >= 4 is 11.6 Å². The molecular formula is C14H14ClFO2. The number of halogens is 2. The molecule has 1 aromatic carbocycles. The van der Waals surface area contributed by atoms with Crippen molar-refractivity contribution in [3.05, 3.63) is 29.6 Å². The molecule has 2 rings (SSSR count). The first-order valence-electron chi connectivity index (χ1n) is 5.88. The van der Waals surface area contributed by atoms with E-state index in [0.717, 1.165) is 19.4 Å². The van der Waals surface area contributed by atoms with E-state index >= 15 is 0 Å². The van der Waals surface area contributed by atoms with E-state index in [1.807, 2.05) is 0 Å². The predicted molar refractivity (Wildman–Crippen MR) is 68.5 cm³/mol. The fourth-order valence-corrected chi connectivity index (χ4v) is 1.86. The van der Waals surface area contributed by atoms with Gasteiger partial charge in [-0.15, -0.1) is 11.6 Å². The van der Waals surface area contributed by atoms with Crippen LogP contribution in [0, 0.1) is 17.7 Å². The van der Waals surface area contributed by atoms with Crippen LogP contribution in [-0.4, -0.2) is 25.2 Å². The summed E-state index contributed by atoms with van der Waals surface area (Å²) in [5, 5.41) is 0. The molecule has 1 aromatic rings. The van der Waals surface area contributed by atoms with Crippen LogP contribution >= 0.6 is 11.6 Å². The molecule has 0 bridgehead atoms. The topological polar surface area (TPSA) is 18.5 Å². The minimum absolute atomic E-state index is 0.0120. The van der Waals surface area contributed by atoms with Crippen molar-refractivity contribution in [1.82, 2.24) is 0 Å². The molecule has 1 aliphatic rings. The lowest BCUT2D eigenvalue weighted by Gasteiger charge is -2.23. The molecule has 0 radical (unpaired) electrons. The van der Waals surface area contributed by atoms with Crippen LogP contribution in [0.4, 0.5) is 4.39 Å². The highest BCUT2D eigenvalue weighted by atomic mass is 35.5. The second kappa shape index (κ2) is 6.63. The summed E-state index contributed by atoms with van der Waals surface area (Å²) in [6, 6.07) is 4.68. The van der Waals surface area contributed by atoms with E-state index in [2.05, 4.69) is 11.8 Å². The molecule has 1 heterocycles. The Labute approximate surface area is 111 Å². The van der Waals surface area contributed by atoms with Crippen molar-refractivity contribution in [2.24, 2.45) is 0 Å². The molecule has 1 atom stereocenters. The van der Waals surface area contributed by atoms with Crippen molar-refractivity contribution < 1.29 is 13.9 Å². The summed E-state index contributed by atoms with van der Waals surface area (Å²) in [5.74, 6) is 5.59. The summed E-state index contributed by atoms with van der Waals surface area (Å²) in [6.45, 7) is 1.34. The van der Waals surface area contributed by atoms with Crippen molar-refractivity contribution in [2.45, 2.75) is 18.9 Å². The van der Waals surface area contributed by atoms with Gasteiger partial charge >= 0.3 is 0 Å². The predicted octanol–water partition coefficient (Wildman–Crippen LogP) is 2.97. The third kappa shape index (κ3) is 3.63.